The van der Waals surface area contributed by atoms with Crippen LogP contribution < -0.4 is 15.8 Å². The molecule has 0 amide bonds. The number of hydrogen-bond donors (Lipinski definition) is 0. The average Bonchev–Trinajstić information content (AvgIpc) is 3.99. The normalized spacial score (nSPS) is 27.1. The van der Waals surface area contributed by atoms with Crippen LogP contribution in [0.3, 0.4) is 0 Å². The van der Waals surface area contributed by atoms with E-state index in [1.807, 2.05) is 0 Å². The Morgan fingerprint density at radius 2 is 1.16 bits per heavy atom. The van der Waals surface area contributed by atoms with E-state index < -0.39 is 0 Å². The predicted molar refractivity (Wildman–Crippen MR) is 320 cm³/mol. The number of hydrogen-bond acceptors (Lipinski definition) is 2. The molecule has 76 heavy (non-hydrogen) atoms. The van der Waals surface area contributed by atoms with Crippen LogP contribution in [0, 0.1) is 42.4 Å². The van der Waals surface area contributed by atoms with E-state index in [1.54, 1.807) is 11.1 Å². The van der Waals surface area contributed by atoms with Gasteiger partial charge in [0.2, 0.25) is 0 Å². The van der Waals surface area contributed by atoms with Crippen molar-refractivity contribution in [2.75, 3.05) is 4.90 Å². The fraction of sp³-hybridized carbons (Fsp3) is 0.361. The lowest BCUT2D eigenvalue weighted by molar-refractivity contribution is -0.00512. The Labute approximate surface area is 448 Å². The van der Waals surface area contributed by atoms with Crippen molar-refractivity contribution in [1.82, 2.24) is 4.48 Å². The van der Waals surface area contributed by atoms with Gasteiger partial charge in [0, 0.05) is 55.1 Å². The van der Waals surface area contributed by atoms with E-state index in [-0.39, 0.29) is 17.7 Å². The van der Waals surface area contributed by atoms with Crippen molar-refractivity contribution in [1.29, 1.82) is 0 Å². The van der Waals surface area contributed by atoms with Crippen molar-refractivity contribution < 1.29 is 4.42 Å². The van der Waals surface area contributed by atoms with Crippen LogP contribution in [0.2, 0.25) is 0 Å². The summed E-state index contributed by atoms with van der Waals surface area (Å²) in [5, 5.41) is 7.73. The fourth-order valence-corrected chi connectivity index (χ4v) is 19.1. The van der Waals surface area contributed by atoms with Crippen molar-refractivity contribution in [2.24, 2.45) is 35.5 Å². The molecule has 8 aromatic carbocycles. The highest BCUT2D eigenvalue weighted by molar-refractivity contribution is 6.90. The Morgan fingerprint density at radius 1 is 0.513 bits per heavy atom. The number of aryl methyl sites for hydroxylation is 1. The standard InChI is InChI=1S/C72H69BN2O/c1-41-22-58-60-32-53(71-35-42(2)20-44(37-71)21-43(3)36-71)31-59-55-30-52(72-38-45-24-46(39-72)26-47(25-45)40-72)17-19-63(55)75(69(59)60)73-61-34-67-57(56-27-49-14-10-11-15-50(49)28-66(56)76-67)33-64(61)74(65(23-41)68(58)73)62-18-16-51(70(4,5)6)29-54(62)48-12-8-7-9-13-48/h7-19,22-23,27-34,42-47H,20-21,24-26,35-40H2,1-6H3. The Kier molecular flexibility index (Phi) is 9.01. The summed E-state index contributed by atoms with van der Waals surface area (Å²) in [6.45, 7) is 14.5. The molecule has 4 heteroatoms. The lowest BCUT2D eigenvalue weighted by Crippen LogP contribution is -2.56. The zero-order valence-electron chi connectivity index (χ0n) is 45.4. The lowest BCUT2D eigenvalue weighted by atomic mass is 9.44. The van der Waals surface area contributed by atoms with Crippen molar-refractivity contribution in [2.45, 2.75) is 128 Å². The highest BCUT2D eigenvalue weighted by Gasteiger charge is 2.53. The monoisotopic (exact) mass is 989 g/mol. The minimum Gasteiger partial charge on any atom is -0.456 e. The van der Waals surface area contributed by atoms with Crippen LogP contribution in [-0.2, 0) is 16.2 Å². The van der Waals surface area contributed by atoms with Crippen LogP contribution >= 0.6 is 0 Å². The molecule has 2 unspecified atom stereocenters. The van der Waals surface area contributed by atoms with Crippen LogP contribution in [-0.4, -0.2) is 11.3 Å². The molecule has 18 rings (SSSR count). The van der Waals surface area contributed by atoms with E-state index in [2.05, 4.69) is 190 Å². The minimum absolute atomic E-state index is 0.0241. The van der Waals surface area contributed by atoms with Gasteiger partial charge in [-0.2, -0.15) is 0 Å². The van der Waals surface area contributed by atoms with Crippen LogP contribution in [0.1, 0.15) is 128 Å². The summed E-state index contributed by atoms with van der Waals surface area (Å²) in [6.07, 6.45) is 15.2. The number of benzene rings is 8. The molecule has 2 atom stereocenters. The van der Waals surface area contributed by atoms with Crippen LogP contribution in [0.25, 0.3) is 76.8 Å². The fourth-order valence-electron chi connectivity index (χ4n) is 19.1. The van der Waals surface area contributed by atoms with Gasteiger partial charge in [-0.1, -0.05) is 107 Å². The van der Waals surface area contributed by atoms with Gasteiger partial charge in [0.1, 0.15) is 11.2 Å². The molecule has 10 aromatic rings. The first kappa shape index (κ1) is 44.6. The smallest absolute Gasteiger partial charge is 0.333 e. The van der Waals surface area contributed by atoms with Gasteiger partial charge in [-0.05, 0) is 251 Å². The molecule has 376 valence electrons. The summed E-state index contributed by atoms with van der Waals surface area (Å²) in [7, 11) is 0. The minimum atomic E-state index is -0.0711. The molecule has 8 aliphatic rings. The number of rotatable bonds is 4. The highest BCUT2D eigenvalue weighted by Crippen LogP contribution is 2.62. The molecule has 6 aliphatic carbocycles. The third-order valence-corrected chi connectivity index (χ3v) is 21.4. The Hall–Kier alpha value is -6.52. The Bertz CT molecular complexity index is 4090. The van der Waals surface area contributed by atoms with Gasteiger partial charge in [-0.15, -0.1) is 0 Å². The first-order valence-electron chi connectivity index (χ1n) is 29.5. The van der Waals surface area contributed by atoms with Gasteiger partial charge in [-0.25, -0.2) is 0 Å². The molecule has 6 bridgehead atoms. The first-order chi connectivity index (χ1) is 36.8. The molecule has 0 N–H and O–H groups in total. The molecule has 2 aromatic heterocycles. The SMILES string of the molecule is Cc1cc2c3c(c1)N(c1ccc(C(C)(C)C)cc1-c1ccccc1)c1cc4c(cc1B3n1c3ccc(C56CC7CC(CC(C7)C5)C6)cc3c3cc(C56CC(C)CC(CC(C)C5)C6)cc-2c31)oc1cc2ccccc2cc14. The van der Waals surface area contributed by atoms with Crippen molar-refractivity contribution in [3.05, 3.63) is 162 Å². The molecule has 0 saturated heterocycles. The molecule has 4 heterocycles. The van der Waals surface area contributed by atoms with Crippen LogP contribution in [0.5, 0.6) is 0 Å². The summed E-state index contributed by atoms with van der Waals surface area (Å²) in [4.78, 5) is 2.68. The Morgan fingerprint density at radius 3 is 1.88 bits per heavy atom. The second-order valence-electron chi connectivity index (χ2n) is 27.7. The lowest BCUT2D eigenvalue weighted by Gasteiger charge is -2.57. The zero-order chi connectivity index (χ0) is 50.7. The van der Waals surface area contributed by atoms with Gasteiger partial charge in [0.15, 0.2) is 0 Å². The average molecular weight is 989 g/mol. The number of furan rings is 1. The van der Waals surface area contributed by atoms with E-state index >= 15 is 0 Å². The second-order valence-corrected chi connectivity index (χ2v) is 27.7. The van der Waals surface area contributed by atoms with Crippen LogP contribution in [0.4, 0.5) is 17.1 Å². The molecule has 0 spiro atoms. The quantitative estimate of drug-likeness (QED) is 0.164. The number of aromatic nitrogens is 1. The maximum absolute atomic E-state index is 7.12. The van der Waals surface area contributed by atoms with Crippen molar-refractivity contribution in [3.8, 4) is 22.3 Å². The first-order valence-corrected chi connectivity index (χ1v) is 29.5. The van der Waals surface area contributed by atoms with E-state index in [4.69, 9.17) is 4.42 Å². The van der Waals surface area contributed by atoms with Crippen LogP contribution in [0.15, 0.2) is 144 Å². The molecular weight excluding hydrogens is 920 g/mol. The summed E-state index contributed by atoms with van der Waals surface area (Å²) < 4.78 is 9.97. The zero-order valence-corrected chi connectivity index (χ0v) is 45.4. The molecule has 6 fully saturated rings. The number of nitrogens with zero attached hydrogens (tertiary/aromatic N) is 2. The predicted octanol–water partition coefficient (Wildman–Crippen LogP) is 18.1. The van der Waals surface area contributed by atoms with Gasteiger partial charge in [0.05, 0.1) is 5.69 Å². The maximum Gasteiger partial charge on any atom is 0.333 e. The van der Waals surface area contributed by atoms with E-state index in [0.717, 1.165) is 52.1 Å². The van der Waals surface area contributed by atoms with Crippen molar-refractivity contribution >= 4 is 89.4 Å². The van der Waals surface area contributed by atoms with Gasteiger partial charge in [0.25, 0.3) is 0 Å². The maximum atomic E-state index is 7.12. The molecular formula is C72H69BN2O. The third kappa shape index (κ3) is 6.25. The van der Waals surface area contributed by atoms with E-state index in [1.165, 1.54) is 170 Å². The number of fused-ring (bicyclic) bond motifs is 13. The number of anilines is 3. The largest absolute Gasteiger partial charge is 0.456 e. The molecule has 0 radical (unpaired) electrons. The van der Waals surface area contributed by atoms with Crippen molar-refractivity contribution in [3.63, 3.8) is 0 Å². The topological polar surface area (TPSA) is 21.3 Å². The second kappa shape index (κ2) is 15.4. The van der Waals surface area contributed by atoms with Gasteiger partial charge < -0.3 is 13.8 Å². The van der Waals surface area contributed by atoms with E-state index in [0.29, 0.717) is 5.41 Å². The highest BCUT2D eigenvalue weighted by atomic mass is 16.3. The summed E-state index contributed by atoms with van der Waals surface area (Å²) >= 11 is 0. The summed E-state index contributed by atoms with van der Waals surface area (Å²) in [6, 6.07) is 55.5. The van der Waals surface area contributed by atoms with Gasteiger partial charge >= 0.3 is 6.85 Å². The summed E-state index contributed by atoms with van der Waals surface area (Å²) in [5.41, 5.74) is 22.8. The molecule has 6 saturated carbocycles. The van der Waals surface area contributed by atoms with Gasteiger partial charge in [-0.3, -0.25) is 0 Å². The molecule has 2 aliphatic heterocycles. The third-order valence-electron chi connectivity index (χ3n) is 21.4. The van der Waals surface area contributed by atoms with E-state index in [9.17, 15) is 0 Å². The molecule has 3 nitrogen and oxygen atoms in total. The summed E-state index contributed by atoms with van der Waals surface area (Å²) in [5.74, 6) is 4.98. The Balaban J connectivity index is 0.990.